The standard InChI is InChI=1S/C18H20N4O4S2/c1-4-7-22-15(13-6-5-8-26-13)20-21-18(22)27-10-14(23)19-16-12(17(24)25-3)9-11(2)28-16/h5-6,8-9H,4,7,10H2,1-3H3,(H,19,23). The summed E-state index contributed by atoms with van der Waals surface area (Å²) < 4.78 is 12.1. The molecular weight excluding hydrogens is 400 g/mol. The number of rotatable bonds is 8. The summed E-state index contributed by atoms with van der Waals surface area (Å²) in [4.78, 5) is 25.2. The van der Waals surface area contributed by atoms with Crippen LogP contribution in [0.15, 0.2) is 34.0 Å². The predicted octanol–water partition coefficient (Wildman–Crippen LogP) is 3.84. The normalized spacial score (nSPS) is 10.8. The van der Waals surface area contributed by atoms with Crippen LogP contribution in [-0.2, 0) is 16.1 Å². The van der Waals surface area contributed by atoms with E-state index in [4.69, 9.17) is 9.15 Å². The molecule has 0 spiro atoms. The van der Waals surface area contributed by atoms with Gasteiger partial charge in [0.1, 0.15) is 5.00 Å². The second kappa shape index (κ2) is 9.07. The lowest BCUT2D eigenvalue weighted by Gasteiger charge is -2.08. The van der Waals surface area contributed by atoms with Crippen molar-refractivity contribution < 1.29 is 18.7 Å². The number of anilines is 1. The number of thioether (sulfide) groups is 1. The van der Waals surface area contributed by atoms with Gasteiger partial charge in [-0.15, -0.1) is 21.5 Å². The van der Waals surface area contributed by atoms with Crippen molar-refractivity contribution >= 4 is 40.0 Å². The summed E-state index contributed by atoms with van der Waals surface area (Å²) in [7, 11) is 1.31. The van der Waals surface area contributed by atoms with E-state index < -0.39 is 5.97 Å². The van der Waals surface area contributed by atoms with E-state index >= 15 is 0 Å². The minimum atomic E-state index is -0.474. The molecule has 0 radical (unpaired) electrons. The number of nitrogens with one attached hydrogen (secondary N) is 1. The van der Waals surface area contributed by atoms with Crippen molar-refractivity contribution in [2.24, 2.45) is 0 Å². The fraction of sp³-hybridized carbons (Fsp3) is 0.333. The fourth-order valence-corrected chi connectivity index (χ4v) is 4.25. The van der Waals surface area contributed by atoms with Gasteiger partial charge >= 0.3 is 5.97 Å². The van der Waals surface area contributed by atoms with Crippen LogP contribution in [0, 0.1) is 6.92 Å². The Kier molecular flexibility index (Phi) is 6.53. The second-order valence-electron chi connectivity index (χ2n) is 5.86. The molecule has 8 nitrogen and oxygen atoms in total. The van der Waals surface area contributed by atoms with E-state index in [0.29, 0.717) is 33.9 Å². The molecule has 1 amide bonds. The van der Waals surface area contributed by atoms with Gasteiger partial charge in [0.15, 0.2) is 16.7 Å². The molecule has 0 aliphatic carbocycles. The molecular formula is C18H20N4O4S2. The molecule has 0 unspecified atom stereocenters. The Labute approximate surface area is 170 Å². The zero-order valence-corrected chi connectivity index (χ0v) is 17.4. The molecule has 0 aliphatic heterocycles. The number of nitrogens with zero attached hydrogens (tertiary/aromatic N) is 3. The van der Waals surface area contributed by atoms with E-state index in [1.807, 2.05) is 17.6 Å². The third-order valence-electron chi connectivity index (χ3n) is 3.75. The van der Waals surface area contributed by atoms with Crippen molar-refractivity contribution in [2.45, 2.75) is 32.0 Å². The van der Waals surface area contributed by atoms with Crippen LogP contribution in [0.1, 0.15) is 28.6 Å². The highest BCUT2D eigenvalue weighted by molar-refractivity contribution is 7.99. The molecule has 0 atom stereocenters. The monoisotopic (exact) mass is 420 g/mol. The lowest BCUT2D eigenvalue weighted by atomic mass is 10.3. The van der Waals surface area contributed by atoms with Gasteiger partial charge in [0.25, 0.3) is 0 Å². The molecule has 0 aliphatic rings. The van der Waals surface area contributed by atoms with Gasteiger partial charge in [-0.05, 0) is 31.5 Å². The number of hydrogen-bond acceptors (Lipinski definition) is 8. The molecule has 3 heterocycles. The van der Waals surface area contributed by atoms with Crippen LogP contribution in [0.4, 0.5) is 5.00 Å². The first-order chi connectivity index (χ1) is 13.5. The van der Waals surface area contributed by atoms with Gasteiger partial charge in [-0.1, -0.05) is 18.7 Å². The second-order valence-corrected chi connectivity index (χ2v) is 8.06. The molecule has 10 heteroatoms. The molecule has 0 saturated heterocycles. The van der Waals surface area contributed by atoms with Crippen molar-refractivity contribution in [1.29, 1.82) is 0 Å². The van der Waals surface area contributed by atoms with Crippen molar-refractivity contribution in [1.82, 2.24) is 14.8 Å². The molecule has 0 bridgehead atoms. The maximum Gasteiger partial charge on any atom is 0.340 e. The lowest BCUT2D eigenvalue weighted by Crippen LogP contribution is -2.16. The Morgan fingerprint density at radius 1 is 1.39 bits per heavy atom. The fourth-order valence-electron chi connectivity index (χ4n) is 2.57. The van der Waals surface area contributed by atoms with Crippen molar-refractivity contribution in [3.05, 3.63) is 34.9 Å². The first-order valence-corrected chi connectivity index (χ1v) is 10.4. The summed E-state index contributed by atoms with van der Waals surface area (Å²) in [6.07, 6.45) is 2.48. The third-order valence-corrected chi connectivity index (χ3v) is 5.68. The number of aryl methyl sites for hydroxylation is 1. The minimum absolute atomic E-state index is 0.136. The van der Waals surface area contributed by atoms with Crippen LogP contribution in [0.25, 0.3) is 11.6 Å². The van der Waals surface area contributed by atoms with Crippen LogP contribution in [-0.4, -0.2) is 39.5 Å². The number of amides is 1. The molecule has 0 aromatic carbocycles. The molecule has 3 aromatic heterocycles. The summed E-state index contributed by atoms with van der Waals surface area (Å²) in [6, 6.07) is 5.32. The van der Waals surface area contributed by atoms with E-state index in [-0.39, 0.29) is 11.7 Å². The Bertz CT molecular complexity index is 963. The Morgan fingerprint density at radius 2 is 2.21 bits per heavy atom. The number of esters is 1. The van der Waals surface area contributed by atoms with E-state index in [2.05, 4.69) is 22.4 Å². The number of aromatic nitrogens is 3. The van der Waals surface area contributed by atoms with Crippen LogP contribution in [0.2, 0.25) is 0 Å². The topological polar surface area (TPSA) is 99.2 Å². The van der Waals surface area contributed by atoms with Crippen molar-refractivity contribution in [3.8, 4) is 11.6 Å². The highest BCUT2D eigenvalue weighted by Crippen LogP contribution is 2.29. The maximum absolute atomic E-state index is 12.4. The van der Waals surface area contributed by atoms with Gasteiger partial charge in [-0.2, -0.15) is 0 Å². The van der Waals surface area contributed by atoms with Crippen molar-refractivity contribution in [2.75, 3.05) is 18.2 Å². The van der Waals surface area contributed by atoms with Crippen LogP contribution in [0.3, 0.4) is 0 Å². The van der Waals surface area contributed by atoms with Gasteiger partial charge in [0.2, 0.25) is 5.91 Å². The molecule has 1 N–H and O–H groups in total. The number of carbonyl (C=O) groups excluding carboxylic acids is 2. The smallest absolute Gasteiger partial charge is 0.340 e. The summed E-state index contributed by atoms with van der Waals surface area (Å²) in [5.74, 6) is 0.698. The average molecular weight is 421 g/mol. The lowest BCUT2D eigenvalue weighted by molar-refractivity contribution is -0.113. The van der Waals surface area contributed by atoms with E-state index in [1.54, 1.807) is 18.4 Å². The molecule has 3 rings (SSSR count). The highest BCUT2D eigenvalue weighted by atomic mass is 32.2. The summed E-state index contributed by atoms with van der Waals surface area (Å²) >= 11 is 2.62. The van der Waals surface area contributed by atoms with E-state index in [1.165, 1.54) is 30.2 Å². The van der Waals surface area contributed by atoms with E-state index in [9.17, 15) is 9.59 Å². The summed E-state index contributed by atoms with van der Waals surface area (Å²) in [5.41, 5.74) is 0.359. The number of furan rings is 1. The Balaban J connectivity index is 1.69. The largest absolute Gasteiger partial charge is 0.465 e. The molecule has 28 heavy (non-hydrogen) atoms. The summed E-state index contributed by atoms with van der Waals surface area (Å²) in [6.45, 7) is 4.63. The zero-order valence-electron chi connectivity index (χ0n) is 15.7. The van der Waals surface area contributed by atoms with Crippen LogP contribution in [0.5, 0.6) is 0 Å². The summed E-state index contributed by atoms with van der Waals surface area (Å²) in [5, 5.41) is 12.3. The highest BCUT2D eigenvalue weighted by Gasteiger charge is 2.19. The number of ether oxygens (including phenoxy) is 1. The Morgan fingerprint density at radius 3 is 2.89 bits per heavy atom. The first kappa shape index (κ1) is 20.2. The van der Waals surface area contributed by atoms with Gasteiger partial charge in [-0.25, -0.2) is 4.79 Å². The van der Waals surface area contributed by atoms with Gasteiger partial charge in [0.05, 0.1) is 24.7 Å². The number of hydrogen-bond donors (Lipinski definition) is 1. The van der Waals surface area contributed by atoms with Gasteiger partial charge in [0, 0.05) is 11.4 Å². The molecule has 0 fully saturated rings. The van der Waals surface area contributed by atoms with Crippen LogP contribution >= 0.6 is 23.1 Å². The minimum Gasteiger partial charge on any atom is -0.465 e. The van der Waals surface area contributed by atoms with Crippen molar-refractivity contribution in [3.63, 3.8) is 0 Å². The molecule has 148 valence electrons. The number of thiophene rings is 1. The molecule has 3 aromatic rings. The molecule has 0 saturated carbocycles. The zero-order chi connectivity index (χ0) is 20.1. The Hall–Kier alpha value is -2.59. The average Bonchev–Trinajstić information content (AvgIpc) is 3.40. The van der Waals surface area contributed by atoms with Gasteiger partial charge in [-0.3, -0.25) is 9.36 Å². The number of methoxy groups -OCH3 is 1. The maximum atomic E-state index is 12.4. The SMILES string of the molecule is CCCn1c(SCC(=O)Nc2sc(C)cc2C(=O)OC)nnc1-c1ccco1. The third kappa shape index (κ3) is 4.45. The van der Waals surface area contributed by atoms with E-state index in [0.717, 1.165) is 11.3 Å². The first-order valence-electron chi connectivity index (χ1n) is 8.62. The predicted molar refractivity (Wildman–Crippen MR) is 108 cm³/mol. The number of carbonyl (C=O) groups is 2. The van der Waals surface area contributed by atoms with Gasteiger partial charge < -0.3 is 14.5 Å². The van der Waals surface area contributed by atoms with Crippen LogP contribution < -0.4 is 5.32 Å². The quantitative estimate of drug-likeness (QED) is 0.437.